The molecule has 0 radical (unpaired) electrons. The minimum atomic E-state index is -0.941. The third-order valence-corrected chi connectivity index (χ3v) is 4.16. The van der Waals surface area contributed by atoms with Crippen molar-refractivity contribution in [3.8, 4) is 5.75 Å². The van der Waals surface area contributed by atoms with Gasteiger partial charge in [-0.1, -0.05) is 6.07 Å². The normalized spacial score (nSPS) is 12.9. The van der Waals surface area contributed by atoms with Crippen LogP contribution in [0.3, 0.4) is 0 Å². The number of urea groups is 1. The number of rotatable bonds is 3. The molecule has 8 heteroatoms. The first-order valence-electron chi connectivity index (χ1n) is 7.97. The van der Waals surface area contributed by atoms with Crippen molar-refractivity contribution in [1.82, 2.24) is 4.90 Å². The molecule has 7 nitrogen and oxygen atoms in total. The van der Waals surface area contributed by atoms with Gasteiger partial charge in [-0.15, -0.1) is 0 Å². The SMILES string of the molecule is COc1ccc(NC(=O)Nc2ccc3c(c2)CCN(C(=O)O)C3)cc1F. The molecule has 136 valence electrons. The topological polar surface area (TPSA) is 90.9 Å². The molecule has 2 aromatic carbocycles. The van der Waals surface area contributed by atoms with Gasteiger partial charge in [0.05, 0.1) is 7.11 Å². The Morgan fingerprint density at radius 3 is 2.46 bits per heavy atom. The Morgan fingerprint density at radius 2 is 1.81 bits per heavy atom. The van der Waals surface area contributed by atoms with Crippen LogP contribution in [0.2, 0.25) is 0 Å². The number of hydrogen-bond donors (Lipinski definition) is 3. The molecule has 3 N–H and O–H groups in total. The standard InChI is InChI=1S/C18H18FN3O4/c1-26-16-5-4-14(9-15(16)19)21-17(23)20-13-3-2-12-10-22(18(24)25)7-6-11(12)8-13/h2-5,8-9H,6-7,10H2,1H3,(H,24,25)(H2,20,21,23). The highest BCUT2D eigenvalue weighted by atomic mass is 19.1. The van der Waals surface area contributed by atoms with E-state index in [-0.39, 0.29) is 5.75 Å². The van der Waals surface area contributed by atoms with Crippen LogP contribution in [0.4, 0.5) is 25.4 Å². The van der Waals surface area contributed by atoms with Crippen LogP contribution >= 0.6 is 0 Å². The first-order chi connectivity index (χ1) is 12.5. The molecule has 0 saturated heterocycles. The van der Waals surface area contributed by atoms with Gasteiger partial charge in [-0.05, 0) is 41.8 Å². The lowest BCUT2D eigenvalue weighted by molar-refractivity contribution is 0.140. The van der Waals surface area contributed by atoms with Crippen molar-refractivity contribution in [2.24, 2.45) is 0 Å². The molecule has 0 aliphatic carbocycles. The van der Waals surface area contributed by atoms with Gasteiger partial charge in [0.15, 0.2) is 11.6 Å². The van der Waals surface area contributed by atoms with Crippen molar-refractivity contribution in [2.75, 3.05) is 24.3 Å². The second-order valence-corrected chi connectivity index (χ2v) is 5.87. The van der Waals surface area contributed by atoms with E-state index in [0.717, 1.165) is 11.1 Å². The van der Waals surface area contributed by atoms with Crippen molar-refractivity contribution in [2.45, 2.75) is 13.0 Å². The van der Waals surface area contributed by atoms with Gasteiger partial charge < -0.3 is 25.4 Å². The van der Waals surface area contributed by atoms with Gasteiger partial charge in [0.1, 0.15) is 0 Å². The molecule has 2 aromatic rings. The predicted octanol–water partition coefficient (Wildman–Crippen LogP) is 3.51. The van der Waals surface area contributed by atoms with Crippen molar-refractivity contribution in [3.05, 3.63) is 53.3 Å². The van der Waals surface area contributed by atoms with E-state index in [2.05, 4.69) is 10.6 Å². The molecule has 1 aliphatic rings. The quantitative estimate of drug-likeness (QED) is 0.782. The van der Waals surface area contributed by atoms with Gasteiger partial charge in [0, 0.05) is 30.5 Å². The number of fused-ring (bicyclic) bond motifs is 1. The summed E-state index contributed by atoms with van der Waals surface area (Å²) in [7, 11) is 1.37. The van der Waals surface area contributed by atoms with Crippen LogP contribution in [-0.2, 0) is 13.0 Å². The highest BCUT2D eigenvalue weighted by molar-refractivity contribution is 5.99. The number of nitrogens with one attached hydrogen (secondary N) is 2. The molecule has 3 amide bonds. The lowest BCUT2D eigenvalue weighted by atomic mass is 9.99. The minimum Gasteiger partial charge on any atom is -0.494 e. The number of ether oxygens (including phenoxy) is 1. The molecule has 0 unspecified atom stereocenters. The molecule has 1 heterocycles. The van der Waals surface area contributed by atoms with Crippen molar-refractivity contribution < 1.29 is 23.8 Å². The fraction of sp³-hybridized carbons (Fsp3) is 0.222. The minimum absolute atomic E-state index is 0.0982. The monoisotopic (exact) mass is 359 g/mol. The number of carbonyl (C=O) groups is 2. The number of hydrogen-bond acceptors (Lipinski definition) is 3. The third-order valence-electron chi connectivity index (χ3n) is 4.16. The Kier molecular flexibility index (Phi) is 4.92. The van der Waals surface area contributed by atoms with Gasteiger partial charge in [-0.25, -0.2) is 14.0 Å². The number of carboxylic acid groups (broad SMARTS) is 1. The Labute approximate surface area is 149 Å². The van der Waals surface area contributed by atoms with Crippen LogP contribution in [0, 0.1) is 5.82 Å². The second-order valence-electron chi connectivity index (χ2n) is 5.87. The van der Waals surface area contributed by atoms with Crippen LogP contribution < -0.4 is 15.4 Å². The zero-order valence-electron chi connectivity index (χ0n) is 14.1. The van der Waals surface area contributed by atoms with Crippen LogP contribution in [-0.4, -0.2) is 35.8 Å². The molecule has 26 heavy (non-hydrogen) atoms. The maximum absolute atomic E-state index is 13.7. The summed E-state index contributed by atoms with van der Waals surface area (Å²) in [6, 6.07) is 8.96. The summed E-state index contributed by atoms with van der Waals surface area (Å²) in [6.07, 6.45) is -0.355. The lowest BCUT2D eigenvalue weighted by Gasteiger charge is -2.26. The highest BCUT2D eigenvalue weighted by Crippen LogP contribution is 2.24. The Hall–Kier alpha value is -3.29. The molecule has 0 aromatic heterocycles. The molecule has 3 rings (SSSR count). The van der Waals surface area contributed by atoms with Crippen molar-refractivity contribution >= 4 is 23.5 Å². The van der Waals surface area contributed by atoms with E-state index in [1.165, 1.54) is 30.2 Å². The average Bonchev–Trinajstić information content (AvgIpc) is 2.61. The molecule has 0 atom stereocenters. The van der Waals surface area contributed by atoms with Crippen molar-refractivity contribution in [1.29, 1.82) is 0 Å². The van der Waals surface area contributed by atoms with Crippen LogP contribution in [0.1, 0.15) is 11.1 Å². The van der Waals surface area contributed by atoms with Gasteiger partial charge in [0.25, 0.3) is 0 Å². The maximum Gasteiger partial charge on any atom is 0.407 e. The fourth-order valence-corrected chi connectivity index (χ4v) is 2.83. The van der Waals surface area contributed by atoms with Crippen LogP contribution in [0.25, 0.3) is 0 Å². The first kappa shape index (κ1) is 17.5. The third kappa shape index (κ3) is 3.85. The highest BCUT2D eigenvalue weighted by Gasteiger charge is 2.20. The number of halogens is 1. The zero-order valence-corrected chi connectivity index (χ0v) is 14.1. The molecular weight excluding hydrogens is 341 g/mol. The zero-order chi connectivity index (χ0) is 18.7. The van der Waals surface area contributed by atoms with E-state index >= 15 is 0 Å². The largest absolute Gasteiger partial charge is 0.494 e. The van der Waals surface area contributed by atoms with Gasteiger partial charge in [-0.2, -0.15) is 0 Å². The summed E-state index contributed by atoms with van der Waals surface area (Å²) in [6.45, 7) is 0.755. The first-order valence-corrected chi connectivity index (χ1v) is 7.97. The Morgan fingerprint density at radius 1 is 1.12 bits per heavy atom. The Balaban J connectivity index is 1.65. The van der Waals surface area contributed by atoms with E-state index in [1.54, 1.807) is 12.1 Å². The Bertz CT molecular complexity index is 856. The number of carbonyl (C=O) groups excluding carboxylic acids is 1. The maximum atomic E-state index is 13.7. The van der Waals surface area contributed by atoms with E-state index in [9.17, 15) is 14.0 Å². The summed E-state index contributed by atoms with van der Waals surface area (Å²) >= 11 is 0. The van der Waals surface area contributed by atoms with E-state index in [1.807, 2.05) is 6.07 Å². The number of benzene rings is 2. The molecule has 0 spiro atoms. The van der Waals surface area contributed by atoms with E-state index in [4.69, 9.17) is 9.84 Å². The van der Waals surface area contributed by atoms with Gasteiger partial charge >= 0.3 is 12.1 Å². The second kappa shape index (κ2) is 7.30. The summed E-state index contributed by atoms with van der Waals surface area (Å²) < 4.78 is 18.5. The lowest BCUT2D eigenvalue weighted by Crippen LogP contribution is -2.34. The van der Waals surface area contributed by atoms with Crippen molar-refractivity contribution in [3.63, 3.8) is 0 Å². The van der Waals surface area contributed by atoms with E-state index in [0.29, 0.717) is 30.9 Å². The van der Waals surface area contributed by atoms with Gasteiger partial charge in [0.2, 0.25) is 0 Å². The van der Waals surface area contributed by atoms with Gasteiger partial charge in [-0.3, -0.25) is 0 Å². The number of anilines is 2. The molecule has 0 bridgehead atoms. The summed E-state index contributed by atoms with van der Waals surface area (Å²) in [5, 5.41) is 14.3. The van der Waals surface area contributed by atoms with Crippen LogP contribution in [0.15, 0.2) is 36.4 Å². The number of nitrogens with zero attached hydrogens (tertiary/aromatic N) is 1. The van der Waals surface area contributed by atoms with Crippen LogP contribution in [0.5, 0.6) is 5.75 Å². The molecular formula is C18H18FN3O4. The molecule has 0 fully saturated rings. The fourth-order valence-electron chi connectivity index (χ4n) is 2.83. The smallest absolute Gasteiger partial charge is 0.407 e. The average molecular weight is 359 g/mol. The predicted molar refractivity (Wildman–Crippen MR) is 94.2 cm³/mol. The summed E-state index contributed by atoms with van der Waals surface area (Å²) in [5.41, 5.74) is 2.80. The number of methoxy groups -OCH3 is 1. The summed E-state index contributed by atoms with van der Waals surface area (Å²) in [5.74, 6) is -0.469. The van der Waals surface area contributed by atoms with E-state index < -0.39 is 17.9 Å². The molecule has 1 aliphatic heterocycles. The summed E-state index contributed by atoms with van der Waals surface area (Å²) in [4.78, 5) is 24.5. The molecule has 0 saturated carbocycles. The number of amides is 3.